The van der Waals surface area contributed by atoms with Gasteiger partial charge in [0.2, 0.25) is 5.91 Å². The Balaban J connectivity index is 1.62. The van der Waals surface area contributed by atoms with E-state index >= 15 is 0 Å². The van der Waals surface area contributed by atoms with Gasteiger partial charge in [-0.1, -0.05) is 12.1 Å². The monoisotopic (exact) mass is 321 g/mol. The standard InChI is InChI=1S/C17H23NO5/c1-2-22-14-6-3-4-7-15(14)23-9-5-8-16(19)18-13-10-12(11-13)17(20)21/h3-4,6-7,12-13H,2,5,8-11H2,1H3,(H,18,19)(H,20,21). The third-order valence-electron chi connectivity index (χ3n) is 3.81. The summed E-state index contributed by atoms with van der Waals surface area (Å²) in [7, 11) is 0. The van der Waals surface area contributed by atoms with E-state index in [0.717, 1.165) is 0 Å². The molecule has 0 heterocycles. The number of amides is 1. The number of hydrogen-bond acceptors (Lipinski definition) is 4. The van der Waals surface area contributed by atoms with Gasteiger partial charge in [0.15, 0.2) is 11.5 Å². The number of rotatable bonds is 9. The molecule has 0 unspecified atom stereocenters. The van der Waals surface area contributed by atoms with Gasteiger partial charge in [0.25, 0.3) is 0 Å². The fourth-order valence-corrected chi connectivity index (χ4v) is 2.50. The summed E-state index contributed by atoms with van der Waals surface area (Å²) in [5.74, 6) is 0.239. The van der Waals surface area contributed by atoms with Gasteiger partial charge in [0, 0.05) is 12.5 Å². The molecule has 0 radical (unpaired) electrons. The van der Waals surface area contributed by atoms with Gasteiger partial charge in [-0.15, -0.1) is 0 Å². The number of aliphatic carboxylic acids is 1. The molecule has 1 aliphatic carbocycles. The van der Waals surface area contributed by atoms with Crippen molar-refractivity contribution in [2.75, 3.05) is 13.2 Å². The number of carbonyl (C=O) groups excluding carboxylic acids is 1. The molecule has 1 aromatic carbocycles. The smallest absolute Gasteiger partial charge is 0.306 e. The van der Waals surface area contributed by atoms with Gasteiger partial charge in [-0.2, -0.15) is 0 Å². The molecule has 1 fully saturated rings. The number of benzene rings is 1. The number of carboxylic acid groups (broad SMARTS) is 1. The fraction of sp³-hybridized carbons (Fsp3) is 0.529. The van der Waals surface area contributed by atoms with Crippen molar-refractivity contribution >= 4 is 11.9 Å². The van der Waals surface area contributed by atoms with Gasteiger partial charge < -0.3 is 19.9 Å². The van der Waals surface area contributed by atoms with Gasteiger partial charge in [-0.05, 0) is 38.3 Å². The van der Waals surface area contributed by atoms with Gasteiger partial charge in [-0.25, -0.2) is 0 Å². The van der Waals surface area contributed by atoms with Crippen LogP contribution in [-0.4, -0.2) is 36.2 Å². The first-order chi connectivity index (χ1) is 11.1. The molecule has 0 saturated heterocycles. The Kier molecular flexibility index (Phi) is 6.26. The molecule has 0 bridgehead atoms. The third-order valence-corrected chi connectivity index (χ3v) is 3.81. The summed E-state index contributed by atoms with van der Waals surface area (Å²) in [6.07, 6.45) is 2.02. The first-order valence-corrected chi connectivity index (χ1v) is 7.97. The second kappa shape index (κ2) is 8.41. The molecule has 2 N–H and O–H groups in total. The Hall–Kier alpha value is -2.24. The Morgan fingerprint density at radius 3 is 2.48 bits per heavy atom. The molecule has 6 heteroatoms. The molecule has 126 valence electrons. The normalized spacial score (nSPS) is 19.5. The average Bonchev–Trinajstić information content (AvgIpc) is 2.48. The van der Waals surface area contributed by atoms with Crippen LogP contribution in [0.4, 0.5) is 0 Å². The second-order valence-electron chi connectivity index (χ2n) is 5.60. The van der Waals surface area contributed by atoms with Gasteiger partial charge in [0.1, 0.15) is 0 Å². The lowest BCUT2D eigenvalue weighted by Crippen LogP contribution is -2.46. The quantitative estimate of drug-likeness (QED) is 0.681. The Labute approximate surface area is 135 Å². The van der Waals surface area contributed by atoms with E-state index in [1.165, 1.54) is 0 Å². The highest BCUT2D eigenvalue weighted by Gasteiger charge is 2.34. The lowest BCUT2D eigenvalue weighted by molar-refractivity contribution is -0.146. The molecule has 23 heavy (non-hydrogen) atoms. The highest BCUT2D eigenvalue weighted by Crippen LogP contribution is 2.28. The number of para-hydroxylation sites is 2. The maximum absolute atomic E-state index is 11.8. The van der Waals surface area contributed by atoms with Crippen molar-refractivity contribution in [3.8, 4) is 11.5 Å². The minimum Gasteiger partial charge on any atom is -0.490 e. The Morgan fingerprint density at radius 1 is 1.22 bits per heavy atom. The van der Waals surface area contributed by atoms with E-state index in [1.54, 1.807) is 0 Å². The van der Waals surface area contributed by atoms with Crippen LogP contribution in [-0.2, 0) is 9.59 Å². The van der Waals surface area contributed by atoms with Crippen LogP contribution in [0.15, 0.2) is 24.3 Å². The first-order valence-electron chi connectivity index (χ1n) is 7.97. The summed E-state index contributed by atoms with van der Waals surface area (Å²) in [5.41, 5.74) is 0. The topological polar surface area (TPSA) is 84.9 Å². The van der Waals surface area contributed by atoms with Crippen molar-refractivity contribution in [3.05, 3.63) is 24.3 Å². The van der Waals surface area contributed by atoms with Crippen molar-refractivity contribution in [3.63, 3.8) is 0 Å². The zero-order chi connectivity index (χ0) is 16.7. The molecule has 0 aromatic heterocycles. The van der Waals surface area contributed by atoms with Gasteiger partial charge in [-0.3, -0.25) is 9.59 Å². The zero-order valence-corrected chi connectivity index (χ0v) is 13.3. The van der Waals surface area contributed by atoms with Gasteiger partial charge in [0.05, 0.1) is 19.1 Å². The highest BCUT2D eigenvalue weighted by molar-refractivity contribution is 5.77. The van der Waals surface area contributed by atoms with E-state index in [-0.39, 0.29) is 17.9 Å². The average molecular weight is 321 g/mol. The number of ether oxygens (including phenoxy) is 2. The summed E-state index contributed by atoms with van der Waals surface area (Å²) < 4.78 is 11.1. The molecule has 2 rings (SSSR count). The molecule has 1 aliphatic rings. The molecule has 0 spiro atoms. The number of hydrogen-bond donors (Lipinski definition) is 2. The number of carbonyl (C=O) groups is 2. The lowest BCUT2D eigenvalue weighted by atomic mass is 9.80. The van der Waals surface area contributed by atoms with Crippen LogP contribution in [0, 0.1) is 5.92 Å². The fourth-order valence-electron chi connectivity index (χ4n) is 2.50. The summed E-state index contributed by atoms with van der Waals surface area (Å²) in [6, 6.07) is 7.45. The first kappa shape index (κ1) is 17.1. The van der Waals surface area contributed by atoms with Gasteiger partial charge >= 0.3 is 5.97 Å². The third kappa shape index (κ3) is 5.16. The van der Waals surface area contributed by atoms with Crippen LogP contribution in [0.3, 0.4) is 0 Å². The molecule has 1 aromatic rings. The van der Waals surface area contributed by atoms with E-state index in [0.29, 0.717) is 50.4 Å². The van der Waals surface area contributed by atoms with Crippen LogP contribution in [0.5, 0.6) is 11.5 Å². The van der Waals surface area contributed by atoms with Crippen molar-refractivity contribution < 1.29 is 24.2 Å². The molecule has 0 atom stereocenters. The molecule has 0 aliphatic heterocycles. The lowest BCUT2D eigenvalue weighted by Gasteiger charge is -2.32. The predicted octanol–water partition coefficient (Wildman–Crippen LogP) is 2.22. The largest absolute Gasteiger partial charge is 0.490 e. The highest BCUT2D eigenvalue weighted by atomic mass is 16.5. The van der Waals surface area contributed by atoms with Crippen molar-refractivity contribution in [2.24, 2.45) is 5.92 Å². The van der Waals surface area contributed by atoms with Crippen molar-refractivity contribution in [1.82, 2.24) is 5.32 Å². The minimum atomic E-state index is -0.781. The van der Waals surface area contributed by atoms with Crippen molar-refractivity contribution in [1.29, 1.82) is 0 Å². The maximum Gasteiger partial charge on any atom is 0.306 e. The summed E-state index contributed by atoms with van der Waals surface area (Å²) in [6.45, 7) is 2.91. The summed E-state index contributed by atoms with van der Waals surface area (Å²) in [5, 5.41) is 11.6. The van der Waals surface area contributed by atoms with Crippen LogP contribution in [0.1, 0.15) is 32.6 Å². The summed E-state index contributed by atoms with van der Waals surface area (Å²) >= 11 is 0. The number of carboxylic acids is 1. The van der Waals surface area contributed by atoms with Crippen LogP contribution in [0.2, 0.25) is 0 Å². The molecular weight excluding hydrogens is 298 g/mol. The Bertz CT molecular complexity index is 540. The second-order valence-corrected chi connectivity index (χ2v) is 5.60. The summed E-state index contributed by atoms with van der Waals surface area (Å²) in [4.78, 5) is 22.5. The molecule has 1 amide bonds. The van der Waals surface area contributed by atoms with Crippen LogP contribution >= 0.6 is 0 Å². The van der Waals surface area contributed by atoms with E-state index in [9.17, 15) is 9.59 Å². The number of nitrogens with one attached hydrogen (secondary N) is 1. The van der Waals surface area contributed by atoms with E-state index < -0.39 is 5.97 Å². The molecular formula is C17H23NO5. The van der Waals surface area contributed by atoms with Crippen molar-refractivity contribution in [2.45, 2.75) is 38.6 Å². The Morgan fingerprint density at radius 2 is 1.87 bits per heavy atom. The van der Waals surface area contributed by atoms with Crippen LogP contribution in [0.25, 0.3) is 0 Å². The predicted molar refractivity (Wildman–Crippen MR) is 84.6 cm³/mol. The zero-order valence-electron chi connectivity index (χ0n) is 13.3. The minimum absolute atomic E-state index is 0.00296. The maximum atomic E-state index is 11.8. The van der Waals surface area contributed by atoms with E-state index in [4.69, 9.17) is 14.6 Å². The van der Waals surface area contributed by atoms with E-state index in [2.05, 4.69) is 5.32 Å². The molecule has 1 saturated carbocycles. The van der Waals surface area contributed by atoms with Crippen LogP contribution < -0.4 is 14.8 Å². The molecule has 6 nitrogen and oxygen atoms in total. The SMILES string of the molecule is CCOc1ccccc1OCCCC(=O)NC1CC(C(=O)O)C1. The van der Waals surface area contributed by atoms with E-state index in [1.807, 2.05) is 31.2 Å².